The lowest BCUT2D eigenvalue weighted by Crippen LogP contribution is -2.38. The smallest absolute Gasteiger partial charge is 0.272 e. The van der Waals surface area contributed by atoms with Gasteiger partial charge in [-0.25, -0.2) is 0 Å². The van der Waals surface area contributed by atoms with Crippen LogP contribution in [0.3, 0.4) is 0 Å². The molecule has 0 spiro atoms. The van der Waals surface area contributed by atoms with Gasteiger partial charge in [-0.05, 0) is 43.4 Å². The van der Waals surface area contributed by atoms with E-state index in [1.165, 1.54) is 6.20 Å². The van der Waals surface area contributed by atoms with Gasteiger partial charge >= 0.3 is 0 Å². The Morgan fingerprint density at radius 1 is 1.19 bits per heavy atom. The molecule has 2 amide bonds. The number of likely N-dealkylation sites (tertiary alicyclic amines) is 1. The lowest BCUT2D eigenvalue weighted by atomic mass is 9.99. The van der Waals surface area contributed by atoms with Crippen molar-refractivity contribution in [3.8, 4) is 0 Å². The van der Waals surface area contributed by atoms with Gasteiger partial charge in [0.15, 0.2) is 0 Å². The molecule has 1 aliphatic heterocycles. The van der Waals surface area contributed by atoms with Gasteiger partial charge < -0.3 is 10.2 Å². The highest BCUT2D eigenvalue weighted by Gasteiger charge is 2.22. The second-order valence-electron chi connectivity index (χ2n) is 7.08. The minimum Gasteiger partial charge on any atom is -0.348 e. The van der Waals surface area contributed by atoms with Crippen molar-refractivity contribution in [3.63, 3.8) is 0 Å². The molecule has 5 nitrogen and oxygen atoms in total. The van der Waals surface area contributed by atoms with Crippen LogP contribution in [0.5, 0.6) is 0 Å². The highest BCUT2D eigenvalue weighted by Crippen LogP contribution is 2.18. The van der Waals surface area contributed by atoms with Crippen molar-refractivity contribution in [3.05, 3.63) is 65.0 Å². The monoisotopic (exact) mass is 351 g/mol. The van der Waals surface area contributed by atoms with Gasteiger partial charge in [0.05, 0.1) is 0 Å². The van der Waals surface area contributed by atoms with Crippen molar-refractivity contribution in [2.24, 2.45) is 5.92 Å². The molecule has 3 rings (SSSR count). The Morgan fingerprint density at radius 3 is 2.69 bits per heavy atom. The minimum absolute atomic E-state index is 0.0924. The summed E-state index contributed by atoms with van der Waals surface area (Å²) < 4.78 is 0. The van der Waals surface area contributed by atoms with Crippen molar-refractivity contribution in [1.29, 1.82) is 0 Å². The number of carbonyl (C=O) groups is 2. The van der Waals surface area contributed by atoms with E-state index >= 15 is 0 Å². The highest BCUT2D eigenvalue weighted by molar-refractivity contribution is 5.98. The van der Waals surface area contributed by atoms with E-state index in [4.69, 9.17) is 0 Å². The second kappa shape index (κ2) is 8.13. The summed E-state index contributed by atoms with van der Waals surface area (Å²) in [7, 11) is 0. The van der Waals surface area contributed by atoms with Gasteiger partial charge in [0.2, 0.25) is 0 Å². The number of nitrogens with zero attached hydrogens (tertiary/aromatic N) is 2. The third-order valence-electron chi connectivity index (χ3n) is 4.85. The lowest BCUT2D eigenvalue weighted by Gasteiger charge is -2.30. The average Bonchev–Trinajstić information content (AvgIpc) is 2.66. The Balaban J connectivity index is 1.64. The minimum atomic E-state index is -0.199. The van der Waals surface area contributed by atoms with Gasteiger partial charge in [0.1, 0.15) is 5.69 Å². The van der Waals surface area contributed by atoms with Crippen LogP contribution in [0.15, 0.2) is 42.6 Å². The molecule has 136 valence electrons. The van der Waals surface area contributed by atoms with Crippen molar-refractivity contribution in [2.45, 2.75) is 33.2 Å². The van der Waals surface area contributed by atoms with Gasteiger partial charge in [-0.15, -0.1) is 0 Å². The molecule has 0 saturated carbocycles. The second-order valence-corrected chi connectivity index (χ2v) is 7.08. The Hall–Kier alpha value is -2.69. The summed E-state index contributed by atoms with van der Waals surface area (Å²) in [6.45, 7) is 6.19. The number of hydrogen-bond acceptors (Lipinski definition) is 3. The van der Waals surface area contributed by atoms with Crippen molar-refractivity contribution >= 4 is 11.8 Å². The van der Waals surface area contributed by atoms with E-state index in [9.17, 15) is 9.59 Å². The number of aryl methyl sites for hydroxylation is 1. The maximum atomic E-state index is 12.6. The summed E-state index contributed by atoms with van der Waals surface area (Å²) in [6.07, 6.45) is 3.56. The fourth-order valence-corrected chi connectivity index (χ4v) is 3.17. The molecule has 1 aromatic carbocycles. The normalized spacial score (nSPS) is 14.9. The maximum Gasteiger partial charge on any atom is 0.272 e. The summed E-state index contributed by atoms with van der Waals surface area (Å²) in [5.74, 6) is 0.367. The van der Waals surface area contributed by atoms with E-state index in [1.54, 1.807) is 12.1 Å². The Labute approximate surface area is 154 Å². The first kappa shape index (κ1) is 18.1. The van der Waals surface area contributed by atoms with Crippen LogP contribution in [0.2, 0.25) is 0 Å². The molecule has 2 aromatic rings. The average molecular weight is 351 g/mol. The standard InChI is InChI=1S/C21H25N3O2/c1-15-7-10-24(11-8-15)21(26)19-13-18(6-9-22-19)20(25)23-14-17-5-3-4-16(2)12-17/h3-6,9,12-13,15H,7-8,10-11,14H2,1-2H3,(H,23,25). The lowest BCUT2D eigenvalue weighted by molar-refractivity contribution is 0.0691. The van der Waals surface area contributed by atoms with E-state index in [1.807, 2.05) is 36.1 Å². The van der Waals surface area contributed by atoms with Crippen LogP contribution < -0.4 is 5.32 Å². The molecule has 1 saturated heterocycles. The van der Waals surface area contributed by atoms with E-state index < -0.39 is 0 Å². The zero-order valence-electron chi connectivity index (χ0n) is 15.4. The highest BCUT2D eigenvalue weighted by atomic mass is 16.2. The van der Waals surface area contributed by atoms with E-state index in [0.717, 1.165) is 37.1 Å². The molecule has 26 heavy (non-hydrogen) atoms. The van der Waals surface area contributed by atoms with Crippen molar-refractivity contribution in [1.82, 2.24) is 15.2 Å². The van der Waals surface area contributed by atoms with Crippen LogP contribution in [0.25, 0.3) is 0 Å². The van der Waals surface area contributed by atoms with Crippen LogP contribution in [0.4, 0.5) is 0 Å². The summed E-state index contributed by atoms with van der Waals surface area (Å²) in [5, 5.41) is 2.90. The van der Waals surface area contributed by atoms with Crippen LogP contribution >= 0.6 is 0 Å². The van der Waals surface area contributed by atoms with Crippen LogP contribution in [0.1, 0.15) is 51.7 Å². The number of carbonyl (C=O) groups excluding carboxylic acids is 2. The molecule has 0 atom stereocenters. The number of piperidine rings is 1. The molecule has 2 heterocycles. The first-order valence-corrected chi connectivity index (χ1v) is 9.12. The third kappa shape index (κ3) is 4.48. The van der Waals surface area contributed by atoms with Crippen LogP contribution in [-0.2, 0) is 6.54 Å². The van der Waals surface area contributed by atoms with Gasteiger partial charge in [0, 0.05) is 31.4 Å². The quantitative estimate of drug-likeness (QED) is 0.920. The van der Waals surface area contributed by atoms with E-state index in [-0.39, 0.29) is 11.8 Å². The maximum absolute atomic E-state index is 12.6. The number of rotatable bonds is 4. The summed E-state index contributed by atoms with van der Waals surface area (Å²) in [4.78, 5) is 31.1. The molecule has 0 unspecified atom stereocenters. The molecule has 1 aromatic heterocycles. The Morgan fingerprint density at radius 2 is 1.96 bits per heavy atom. The third-order valence-corrected chi connectivity index (χ3v) is 4.85. The molecular weight excluding hydrogens is 326 g/mol. The SMILES string of the molecule is Cc1cccc(CNC(=O)c2ccnc(C(=O)N3CCC(C)CC3)c2)c1. The van der Waals surface area contributed by atoms with E-state index in [2.05, 4.69) is 17.2 Å². The van der Waals surface area contributed by atoms with Gasteiger partial charge in [-0.2, -0.15) is 0 Å². The fraction of sp³-hybridized carbons (Fsp3) is 0.381. The van der Waals surface area contributed by atoms with Crippen molar-refractivity contribution in [2.75, 3.05) is 13.1 Å². The number of amides is 2. The largest absolute Gasteiger partial charge is 0.348 e. The first-order valence-electron chi connectivity index (χ1n) is 9.12. The molecule has 0 bridgehead atoms. The van der Waals surface area contributed by atoms with Gasteiger partial charge in [0.25, 0.3) is 11.8 Å². The zero-order valence-corrected chi connectivity index (χ0v) is 15.4. The number of nitrogens with one attached hydrogen (secondary N) is 1. The van der Waals surface area contributed by atoms with E-state index in [0.29, 0.717) is 23.7 Å². The van der Waals surface area contributed by atoms with Crippen LogP contribution in [0, 0.1) is 12.8 Å². The van der Waals surface area contributed by atoms with Crippen molar-refractivity contribution < 1.29 is 9.59 Å². The number of aromatic nitrogens is 1. The summed E-state index contributed by atoms with van der Waals surface area (Å²) >= 11 is 0. The Bertz CT molecular complexity index is 795. The topological polar surface area (TPSA) is 62.3 Å². The molecule has 0 aliphatic carbocycles. The Kier molecular flexibility index (Phi) is 5.66. The molecule has 5 heteroatoms. The fourth-order valence-electron chi connectivity index (χ4n) is 3.17. The first-order chi connectivity index (χ1) is 12.5. The summed E-state index contributed by atoms with van der Waals surface area (Å²) in [5.41, 5.74) is 3.00. The molecule has 1 aliphatic rings. The molecular formula is C21H25N3O2. The van der Waals surface area contributed by atoms with Gasteiger partial charge in [-0.1, -0.05) is 36.8 Å². The zero-order chi connectivity index (χ0) is 18.5. The molecule has 1 N–H and O–H groups in total. The predicted molar refractivity (Wildman–Crippen MR) is 101 cm³/mol. The number of pyridine rings is 1. The van der Waals surface area contributed by atoms with Gasteiger partial charge in [-0.3, -0.25) is 14.6 Å². The molecule has 0 radical (unpaired) electrons. The predicted octanol–water partition coefficient (Wildman–Crippen LogP) is 3.19. The molecule has 1 fully saturated rings. The van der Waals surface area contributed by atoms with Crippen LogP contribution in [-0.4, -0.2) is 34.8 Å². The number of hydrogen-bond donors (Lipinski definition) is 1. The summed E-state index contributed by atoms with van der Waals surface area (Å²) in [6, 6.07) is 11.2. The number of benzene rings is 1.